The number of hydrogen-bond acceptors (Lipinski definition) is 4. The van der Waals surface area contributed by atoms with Gasteiger partial charge in [-0.25, -0.2) is 9.59 Å². The monoisotopic (exact) mass is 287 g/mol. The SMILES string of the molecule is CC(OC(=O)c1cc(N)cc(Br)c1)C(=O)O. The van der Waals surface area contributed by atoms with Crippen molar-refractivity contribution in [1.82, 2.24) is 0 Å². The molecule has 1 rings (SSSR count). The third-order valence-corrected chi connectivity index (χ3v) is 2.25. The first-order chi connectivity index (χ1) is 7.40. The van der Waals surface area contributed by atoms with Crippen LogP contribution < -0.4 is 5.73 Å². The molecule has 1 aromatic rings. The molecule has 6 heteroatoms. The number of anilines is 1. The van der Waals surface area contributed by atoms with E-state index >= 15 is 0 Å². The van der Waals surface area contributed by atoms with Crippen LogP contribution in [0.3, 0.4) is 0 Å². The van der Waals surface area contributed by atoms with E-state index in [1.54, 1.807) is 6.07 Å². The molecular weight excluding hydrogens is 278 g/mol. The summed E-state index contributed by atoms with van der Waals surface area (Å²) in [6.45, 7) is 1.28. The molecule has 3 N–H and O–H groups in total. The molecule has 0 aromatic heterocycles. The normalized spacial score (nSPS) is 11.9. The van der Waals surface area contributed by atoms with Gasteiger partial charge in [0.15, 0.2) is 6.10 Å². The Morgan fingerprint density at radius 3 is 2.56 bits per heavy atom. The number of carboxylic acid groups (broad SMARTS) is 1. The molecule has 5 nitrogen and oxygen atoms in total. The lowest BCUT2D eigenvalue weighted by Crippen LogP contribution is -2.23. The number of carbonyl (C=O) groups excluding carboxylic acids is 1. The fourth-order valence-corrected chi connectivity index (χ4v) is 1.52. The summed E-state index contributed by atoms with van der Waals surface area (Å²) in [5, 5.41) is 8.58. The number of hydrogen-bond donors (Lipinski definition) is 2. The third-order valence-electron chi connectivity index (χ3n) is 1.79. The maximum absolute atomic E-state index is 11.5. The molecule has 0 aliphatic heterocycles. The Hall–Kier alpha value is -1.56. The zero-order chi connectivity index (χ0) is 12.3. The smallest absolute Gasteiger partial charge is 0.344 e. The molecule has 0 aliphatic carbocycles. The Kier molecular flexibility index (Phi) is 3.89. The summed E-state index contributed by atoms with van der Waals surface area (Å²) < 4.78 is 5.32. The Bertz CT molecular complexity index is 413. The highest BCUT2D eigenvalue weighted by Crippen LogP contribution is 2.18. The largest absolute Gasteiger partial charge is 0.479 e. The van der Waals surface area contributed by atoms with Crippen LogP contribution in [0.25, 0.3) is 0 Å². The molecular formula is C10H10BrNO4. The molecule has 1 unspecified atom stereocenters. The van der Waals surface area contributed by atoms with Gasteiger partial charge in [0.1, 0.15) is 0 Å². The minimum atomic E-state index is -1.20. The molecule has 0 saturated carbocycles. The minimum absolute atomic E-state index is 0.208. The molecule has 16 heavy (non-hydrogen) atoms. The zero-order valence-corrected chi connectivity index (χ0v) is 10.0. The highest BCUT2D eigenvalue weighted by Gasteiger charge is 2.18. The van der Waals surface area contributed by atoms with Crippen LogP contribution >= 0.6 is 15.9 Å². The topological polar surface area (TPSA) is 89.6 Å². The Balaban J connectivity index is 2.84. The summed E-state index contributed by atoms with van der Waals surface area (Å²) in [6.07, 6.45) is -1.19. The molecule has 0 bridgehead atoms. The number of nitrogen functional groups attached to an aromatic ring is 1. The number of aliphatic carboxylic acids is 1. The van der Waals surface area contributed by atoms with Gasteiger partial charge in [0.2, 0.25) is 0 Å². The Morgan fingerprint density at radius 2 is 2.06 bits per heavy atom. The van der Waals surface area contributed by atoms with Gasteiger partial charge in [-0.2, -0.15) is 0 Å². The average Bonchev–Trinajstić information content (AvgIpc) is 2.15. The number of esters is 1. The van der Waals surface area contributed by atoms with Crippen LogP contribution in [-0.2, 0) is 9.53 Å². The van der Waals surface area contributed by atoms with Crippen LogP contribution in [-0.4, -0.2) is 23.1 Å². The van der Waals surface area contributed by atoms with E-state index in [1.165, 1.54) is 19.1 Å². The van der Waals surface area contributed by atoms with Gasteiger partial charge in [-0.1, -0.05) is 15.9 Å². The molecule has 0 saturated heterocycles. The lowest BCUT2D eigenvalue weighted by Gasteiger charge is -2.09. The van der Waals surface area contributed by atoms with Gasteiger partial charge in [-0.3, -0.25) is 0 Å². The summed E-state index contributed by atoms with van der Waals surface area (Å²) in [7, 11) is 0. The summed E-state index contributed by atoms with van der Waals surface area (Å²) in [5.41, 5.74) is 6.13. The van der Waals surface area contributed by atoms with Crippen molar-refractivity contribution in [2.75, 3.05) is 5.73 Å². The molecule has 0 heterocycles. The van der Waals surface area contributed by atoms with Crippen molar-refractivity contribution in [2.45, 2.75) is 13.0 Å². The van der Waals surface area contributed by atoms with Gasteiger partial charge in [0.25, 0.3) is 0 Å². The van der Waals surface area contributed by atoms with Gasteiger partial charge >= 0.3 is 11.9 Å². The Morgan fingerprint density at radius 1 is 1.44 bits per heavy atom. The van der Waals surface area contributed by atoms with E-state index in [-0.39, 0.29) is 5.56 Å². The third kappa shape index (κ3) is 3.23. The fraction of sp³-hybridized carbons (Fsp3) is 0.200. The van der Waals surface area contributed by atoms with Crippen LogP contribution in [0.1, 0.15) is 17.3 Å². The first-order valence-electron chi connectivity index (χ1n) is 4.40. The van der Waals surface area contributed by atoms with E-state index in [0.717, 1.165) is 0 Å². The molecule has 86 valence electrons. The van der Waals surface area contributed by atoms with E-state index in [0.29, 0.717) is 10.2 Å². The highest BCUT2D eigenvalue weighted by molar-refractivity contribution is 9.10. The maximum atomic E-state index is 11.5. The van der Waals surface area contributed by atoms with Crippen molar-refractivity contribution >= 4 is 33.6 Å². The summed E-state index contributed by atoms with van der Waals surface area (Å²) in [5.74, 6) is -1.92. The van der Waals surface area contributed by atoms with Gasteiger partial charge in [0, 0.05) is 10.2 Å². The van der Waals surface area contributed by atoms with Gasteiger partial charge in [-0.05, 0) is 25.1 Å². The average molecular weight is 288 g/mol. The van der Waals surface area contributed by atoms with Crippen LogP contribution in [0.5, 0.6) is 0 Å². The number of halogens is 1. The lowest BCUT2D eigenvalue weighted by atomic mass is 10.2. The predicted octanol–water partition coefficient (Wildman–Crippen LogP) is 1.66. The molecule has 0 amide bonds. The highest BCUT2D eigenvalue weighted by atomic mass is 79.9. The summed E-state index contributed by atoms with van der Waals surface area (Å²) >= 11 is 3.17. The van der Waals surface area contributed by atoms with Crippen molar-refractivity contribution in [3.8, 4) is 0 Å². The number of benzene rings is 1. The van der Waals surface area contributed by atoms with Gasteiger partial charge in [0.05, 0.1) is 5.56 Å². The zero-order valence-electron chi connectivity index (χ0n) is 8.44. The maximum Gasteiger partial charge on any atom is 0.344 e. The predicted molar refractivity (Wildman–Crippen MR) is 61.1 cm³/mol. The van der Waals surface area contributed by atoms with Crippen molar-refractivity contribution < 1.29 is 19.4 Å². The quantitative estimate of drug-likeness (QED) is 0.652. The van der Waals surface area contributed by atoms with Crippen LogP contribution in [0.4, 0.5) is 5.69 Å². The molecule has 0 fully saturated rings. The lowest BCUT2D eigenvalue weighted by molar-refractivity contribution is -0.146. The molecule has 0 aliphatic rings. The molecule has 1 atom stereocenters. The second kappa shape index (κ2) is 4.98. The van der Waals surface area contributed by atoms with Crippen molar-refractivity contribution in [3.63, 3.8) is 0 Å². The number of nitrogens with two attached hydrogens (primary N) is 1. The van der Waals surface area contributed by atoms with Gasteiger partial charge < -0.3 is 15.6 Å². The first-order valence-corrected chi connectivity index (χ1v) is 5.19. The van der Waals surface area contributed by atoms with Crippen LogP contribution in [0.2, 0.25) is 0 Å². The standard InChI is InChI=1S/C10H10BrNO4/c1-5(9(13)14)16-10(15)6-2-7(11)4-8(12)3-6/h2-5H,12H2,1H3,(H,13,14). The second-order valence-corrected chi connectivity index (χ2v) is 4.07. The van der Waals surface area contributed by atoms with Crippen LogP contribution in [0.15, 0.2) is 22.7 Å². The fourth-order valence-electron chi connectivity index (χ4n) is 1.01. The van der Waals surface area contributed by atoms with E-state index in [1.807, 2.05) is 0 Å². The number of ether oxygens (including phenoxy) is 1. The molecule has 0 spiro atoms. The first kappa shape index (κ1) is 12.5. The van der Waals surface area contributed by atoms with Crippen LogP contribution in [0, 0.1) is 0 Å². The van der Waals surface area contributed by atoms with Crippen molar-refractivity contribution in [1.29, 1.82) is 0 Å². The number of carbonyl (C=O) groups is 2. The van der Waals surface area contributed by atoms with E-state index in [9.17, 15) is 9.59 Å². The van der Waals surface area contributed by atoms with E-state index < -0.39 is 18.0 Å². The summed E-state index contributed by atoms with van der Waals surface area (Å²) in [4.78, 5) is 22.0. The summed E-state index contributed by atoms with van der Waals surface area (Å²) in [6, 6.07) is 4.55. The van der Waals surface area contributed by atoms with E-state index in [2.05, 4.69) is 15.9 Å². The number of rotatable bonds is 3. The van der Waals surface area contributed by atoms with Crippen molar-refractivity contribution in [3.05, 3.63) is 28.2 Å². The van der Waals surface area contributed by atoms with Gasteiger partial charge in [-0.15, -0.1) is 0 Å². The van der Waals surface area contributed by atoms with Crippen molar-refractivity contribution in [2.24, 2.45) is 0 Å². The molecule has 1 aromatic carbocycles. The second-order valence-electron chi connectivity index (χ2n) is 3.16. The minimum Gasteiger partial charge on any atom is -0.479 e. The van der Waals surface area contributed by atoms with E-state index in [4.69, 9.17) is 15.6 Å². The number of carboxylic acids is 1. The Labute approximate surface area is 100 Å². The molecule has 0 radical (unpaired) electrons.